The van der Waals surface area contributed by atoms with Gasteiger partial charge in [0.15, 0.2) is 18.1 Å². The third kappa shape index (κ3) is 4.48. The highest BCUT2D eigenvalue weighted by Crippen LogP contribution is 2.29. The highest BCUT2D eigenvalue weighted by Gasteiger charge is 2.33. The molecule has 0 radical (unpaired) electrons. The zero-order valence-electron chi connectivity index (χ0n) is 13.8. The van der Waals surface area contributed by atoms with E-state index in [1.54, 1.807) is 18.2 Å². The van der Waals surface area contributed by atoms with Crippen LogP contribution >= 0.6 is 0 Å². The molecule has 24 heavy (non-hydrogen) atoms. The number of carbonyl (C=O) groups is 2. The van der Waals surface area contributed by atoms with Crippen molar-refractivity contribution in [3.05, 3.63) is 23.8 Å². The summed E-state index contributed by atoms with van der Waals surface area (Å²) in [5.41, 5.74) is -0.302. The number of nitrogens with one attached hydrogen (secondary N) is 1. The molecule has 2 rings (SSSR count). The van der Waals surface area contributed by atoms with Gasteiger partial charge in [0.05, 0.1) is 12.7 Å². The number of carbonyl (C=O) groups excluding carboxylic acids is 2. The predicted molar refractivity (Wildman–Crippen MR) is 88.1 cm³/mol. The first-order valence-corrected chi connectivity index (χ1v) is 8.19. The molecular formula is C18H22N2O4. The summed E-state index contributed by atoms with van der Waals surface area (Å²) in [6.07, 6.45) is 5.04. The molecule has 1 amide bonds. The topological polar surface area (TPSA) is 88.4 Å². The van der Waals surface area contributed by atoms with Gasteiger partial charge >= 0.3 is 0 Å². The number of aldehydes is 1. The smallest absolute Gasteiger partial charge is 0.259 e. The predicted octanol–water partition coefficient (Wildman–Crippen LogP) is 2.62. The Kier molecular flexibility index (Phi) is 6.19. The molecule has 0 heterocycles. The third-order valence-electron chi connectivity index (χ3n) is 4.06. The van der Waals surface area contributed by atoms with Crippen molar-refractivity contribution in [2.45, 2.75) is 44.6 Å². The maximum atomic E-state index is 12.2. The number of nitrogens with zero attached hydrogens (tertiary/aromatic N) is 1. The number of nitriles is 1. The molecule has 1 fully saturated rings. The van der Waals surface area contributed by atoms with Crippen LogP contribution in [0.4, 0.5) is 0 Å². The van der Waals surface area contributed by atoms with E-state index in [0.29, 0.717) is 36.5 Å². The average Bonchev–Trinajstić information content (AvgIpc) is 2.61. The second-order valence-electron chi connectivity index (χ2n) is 5.85. The molecule has 1 aliphatic rings. The summed E-state index contributed by atoms with van der Waals surface area (Å²) in [4.78, 5) is 23.0. The molecule has 6 nitrogen and oxygen atoms in total. The van der Waals surface area contributed by atoms with E-state index in [1.165, 1.54) is 0 Å². The molecule has 0 aliphatic heterocycles. The van der Waals surface area contributed by atoms with Crippen LogP contribution in [0.5, 0.6) is 11.5 Å². The normalized spacial score (nSPS) is 15.8. The summed E-state index contributed by atoms with van der Waals surface area (Å²) in [6, 6.07) is 7.01. The minimum absolute atomic E-state index is 0.204. The number of hydrogen-bond donors (Lipinski definition) is 1. The first-order chi connectivity index (χ1) is 11.6. The quantitative estimate of drug-likeness (QED) is 0.776. The standard InChI is InChI=1S/C18H22N2O4/c1-2-23-16-10-14(11-21)6-7-15(16)24-12-17(22)20-18(13-19)8-4-3-5-9-18/h6-7,10-11H,2-5,8-9,12H2,1H3,(H,20,22). The Bertz CT molecular complexity index is 630. The zero-order valence-corrected chi connectivity index (χ0v) is 13.8. The molecule has 1 saturated carbocycles. The first kappa shape index (κ1) is 17.8. The van der Waals surface area contributed by atoms with E-state index in [9.17, 15) is 14.9 Å². The first-order valence-electron chi connectivity index (χ1n) is 8.19. The van der Waals surface area contributed by atoms with Crippen molar-refractivity contribution in [3.8, 4) is 17.6 Å². The molecule has 0 unspecified atom stereocenters. The van der Waals surface area contributed by atoms with Gasteiger partial charge in [-0.1, -0.05) is 19.3 Å². The molecule has 0 atom stereocenters. The van der Waals surface area contributed by atoms with Crippen LogP contribution in [-0.2, 0) is 4.79 Å². The highest BCUT2D eigenvalue weighted by atomic mass is 16.5. The molecule has 6 heteroatoms. The fourth-order valence-electron chi connectivity index (χ4n) is 2.85. The van der Waals surface area contributed by atoms with Crippen LogP contribution in [0.2, 0.25) is 0 Å². The van der Waals surface area contributed by atoms with Gasteiger partial charge in [-0.05, 0) is 38.0 Å². The van der Waals surface area contributed by atoms with E-state index in [-0.39, 0.29) is 12.5 Å². The van der Waals surface area contributed by atoms with Gasteiger partial charge in [0.2, 0.25) is 0 Å². The largest absolute Gasteiger partial charge is 0.490 e. The molecule has 0 bridgehead atoms. The molecular weight excluding hydrogens is 308 g/mol. The molecule has 1 N–H and O–H groups in total. The van der Waals surface area contributed by atoms with Gasteiger partial charge in [-0.15, -0.1) is 0 Å². The third-order valence-corrected chi connectivity index (χ3v) is 4.06. The maximum Gasteiger partial charge on any atom is 0.259 e. The summed E-state index contributed by atoms with van der Waals surface area (Å²) in [5, 5.41) is 12.2. The van der Waals surface area contributed by atoms with Crippen molar-refractivity contribution in [3.63, 3.8) is 0 Å². The van der Waals surface area contributed by atoms with Crippen molar-refractivity contribution in [2.24, 2.45) is 0 Å². The summed E-state index contributed by atoms with van der Waals surface area (Å²) in [5.74, 6) is 0.482. The van der Waals surface area contributed by atoms with Gasteiger partial charge < -0.3 is 14.8 Å². The number of benzene rings is 1. The van der Waals surface area contributed by atoms with E-state index in [4.69, 9.17) is 9.47 Å². The van der Waals surface area contributed by atoms with Crippen molar-refractivity contribution in [2.75, 3.05) is 13.2 Å². The number of rotatable bonds is 7. The summed E-state index contributed by atoms with van der Waals surface area (Å²) in [6.45, 7) is 2.04. The number of ether oxygens (including phenoxy) is 2. The van der Waals surface area contributed by atoms with E-state index in [0.717, 1.165) is 25.5 Å². The molecule has 0 aromatic heterocycles. The Balaban J connectivity index is 1.98. The lowest BCUT2D eigenvalue weighted by Crippen LogP contribution is -2.50. The Morgan fingerprint density at radius 1 is 1.29 bits per heavy atom. The lowest BCUT2D eigenvalue weighted by molar-refractivity contribution is -0.124. The van der Waals surface area contributed by atoms with E-state index >= 15 is 0 Å². The minimum atomic E-state index is -0.775. The molecule has 0 spiro atoms. The van der Waals surface area contributed by atoms with Gasteiger partial charge in [0.1, 0.15) is 11.8 Å². The molecule has 0 saturated heterocycles. The zero-order chi connectivity index (χ0) is 17.4. The maximum absolute atomic E-state index is 12.2. The van der Waals surface area contributed by atoms with E-state index < -0.39 is 5.54 Å². The van der Waals surface area contributed by atoms with E-state index in [1.807, 2.05) is 6.92 Å². The average molecular weight is 330 g/mol. The summed E-state index contributed by atoms with van der Waals surface area (Å²) < 4.78 is 11.0. The Hall–Kier alpha value is -2.55. The van der Waals surface area contributed by atoms with Crippen molar-refractivity contribution in [1.82, 2.24) is 5.32 Å². The molecule has 1 aliphatic carbocycles. The molecule has 128 valence electrons. The van der Waals surface area contributed by atoms with Crippen LogP contribution in [-0.4, -0.2) is 30.9 Å². The minimum Gasteiger partial charge on any atom is -0.490 e. The van der Waals surface area contributed by atoms with E-state index in [2.05, 4.69) is 11.4 Å². The van der Waals surface area contributed by atoms with Gasteiger partial charge in [-0.3, -0.25) is 9.59 Å². The monoisotopic (exact) mass is 330 g/mol. The van der Waals surface area contributed by atoms with Crippen molar-refractivity contribution < 1.29 is 19.1 Å². The van der Waals surface area contributed by atoms with Crippen LogP contribution in [0.25, 0.3) is 0 Å². The Morgan fingerprint density at radius 3 is 2.67 bits per heavy atom. The lowest BCUT2D eigenvalue weighted by atomic mass is 9.83. The summed E-state index contributed by atoms with van der Waals surface area (Å²) >= 11 is 0. The Labute approximate surface area is 141 Å². The highest BCUT2D eigenvalue weighted by molar-refractivity contribution is 5.79. The van der Waals surface area contributed by atoms with Crippen LogP contribution < -0.4 is 14.8 Å². The number of amides is 1. The van der Waals surface area contributed by atoms with Gasteiger partial charge in [0.25, 0.3) is 5.91 Å². The van der Waals surface area contributed by atoms with Crippen LogP contribution in [0.15, 0.2) is 18.2 Å². The second kappa shape index (κ2) is 8.34. The SMILES string of the molecule is CCOc1cc(C=O)ccc1OCC(=O)NC1(C#N)CCCCC1. The van der Waals surface area contributed by atoms with Gasteiger partial charge in [-0.2, -0.15) is 5.26 Å². The van der Waals surface area contributed by atoms with Gasteiger partial charge in [-0.25, -0.2) is 0 Å². The number of hydrogen-bond acceptors (Lipinski definition) is 5. The van der Waals surface area contributed by atoms with Crippen LogP contribution in [0, 0.1) is 11.3 Å². The lowest BCUT2D eigenvalue weighted by Gasteiger charge is -2.31. The van der Waals surface area contributed by atoms with Crippen molar-refractivity contribution in [1.29, 1.82) is 5.26 Å². The van der Waals surface area contributed by atoms with Crippen LogP contribution in [0.1, 0.15) is 49.4 Å². The summed E-state index contributed by atoms with van der Waals surface area (Å²) in [7, 11) is 0. The van der Waals surface area contributed by atoms with Gasteiger partial charge in [0, 0.05) is 5.56 Å². The molecule has 1 aromatic carbocycles. The second-order valence-corrected chi connectivity index (χ2v) is 5.85. The fourth-order valence-corrected chi connectivity index (χ4v) is 2.85. The van der Waals surface area contributed by atoms with Crippen LogP contribution in [0.3, 0.4) is 0 Å². The van der Waals surface area contributed by atoms with Crippen molar-refractivity contribution >= 4 is 12.2 Å². The fraction of sp³-hybridized carbons (Fsp3) is 0.500. The Morgan fingerprint density at radius 2 is 2.04 bits per heavy atom. The molecule has 1 aromatic rings.